The molecular formula is C17H20O3. The predicted molar refractivity (Wildman–Crippen MR) is 79.4 cm³/mol. The predicted octanol–water partition coefficient (Wildman–Crippen LogP) is 4.07. The Morgan fingerprint density at radius 3 is 2.45 bits per heavy atom. The molecule has 20 heavy (non-hydrogen) atoms. The molecule has 3 nitrogen and oxygen atoms in total. The molecule has 0 aromatic heterocycles. The third-order valence-corrected chi connectivity index (χ3v) is 2.92. The van der Waals surface area contributed by atoms with E-state index in [1.807, 2.05) is 49.4 Å². The Bertz CT molecular complexity index is 564. The highest BCUT2D eigenvalue weighted by Gasteiger charge is 2.09. The zero-order valence-corrected chi connectivity index (χ0v) is 11.9. The monoisotopic (exact) mass is 272 g/mol. The summed E-state index contributed by atoms with van der Waals surface area (Å²) < 4.78 is 11.6. The number of para-hydroxylation sites is 2. The highest BCUT2D eigenvalue weighted by atomic mass is 16.5. The van der Waals surface area contributed by atoms with Gasteiger partial charge in [-0.25, -0.2) is 0 Å². The van der Waals surface area contributed by atoms with Gasteiger partial charge in [0.2, 0.25) is 0 Å². The van der Waals surface area contributed by atoms with Gasteiger partial charge < -0.3 is 14.6 Å². The maximum atomic E-state index is 9.42. The zero-order chi connectivity index (χ0) is 14.4. The summed E-state index contributed by atoms with van der Waals surface area (Å²) >= 11 is 0. The van der Waals surface area contributed by atoms with Crippen LogP contribution in [0.15, 0.2) is 42.5 Å². The lowest BCUT2D eigenvalue weighted by atomic mass is 10.1. The third-order valence-electron chi connectivity index (χ3n) is 2.92. The van der Waals surface area contributed by atoms with E-state index in [9.17, 15) is 5.11 Å². The van der Waals surface area contributed by atoms with Gasteiger partial charge in [-0.3, -0.25) is 0 Å². The van der Waals surface area contributed by atoms with Gasteiger partial charge in [-0.2, -0.15) is 0 Å². The second-order valence-corrected chi connectivity index (χ2v) is 4.67. The fourth-order valence-corrected chi connectivity index (χ4v) is 1.92. The van der Waals surface area contributed by atoms with Crippen LogP contribution in [-0.4, -0.2) is 11.7 Å². The minimum Gasteiger partial charge on any atom is -0.490 e. The van der Waals surface area contributed by atoms with Crippen molar-refractivity contribution in [1.82, 2.24) is 0 Å². The summed E-state index contributed by atoms with van der Waals surface area (Å²) in [6.07, 6.45) is 0.945. The first-order valence-electron chi connectivity index (χ1n) is 6.84. The van der Waals surface area contributed by atoms with Crippen LogP contribution >= 0.6 is 0 Å². The number of hydrogen-bond acceptors (Lipinski definition) is 3. The Morgan fingerprint density at radius 1 is 1.00 bits per heavy atom. The normalized spacial score (nSPS) is 10.3. The van der Waals surface area contributed by atoms with Gasteiger partial charge in [0, 0.05) is 5.56 Å². The number of aliphatic hydroxyl groups is 1. The van der Waals surface area contributed by atoms with E-state index in [0.29, 0.717) is 18.1 Å². The molecule has 0 spiro atoms. The summed E-state index contributed by atoms with van der Waals surface area (Å²) in [4.78, 5) is 0. The van der Waals surface area contributed by atoms with Gasteiger partial charge in [-0.05, 0) is 31.5 Å². The smallest absolute Gasteiger partial charge is 0.169 e. The summed E-state index contributed by atoms with van der Waals surface area (Å²) in [5.74, 6) is 2.05. The number of rotatable bonds is 6. The van der Waals surface area contributed by atoms with E-state index in [0.717, 1.165) is 23.3 Å². The number of hydrogen-bond donors (Lipinski definition) is 1. The van der Waals surface area contributed by atoms with Crippen LogP contribution in [0.4, 0.5) is 0 Å². The van der Waals surface area contributed by atoms with Gasteiger partial charge in [0.25, 0.3) is 0 Å². The molecule has 2 aromatic carbocycles. The molecule has 0 heterocycles. The second kappa shape index (κ2) is 6.96. The van der Waals surface area contributed by atoms with Gasteiger partial charge in [0.1, 0.15) is 5.75 Å². The van der Waals surface area contributed by atoms with Crippen LogP contribution in [0.25, 0.3) is 0 Å². The van der Waals surface area contributed by atoms with Crippen LogP contribution < -0.4 is 9.47 Å². The Morgan fingerprint density at radius 2 is 1.75 bits per heavy atom. The summed E-state index contributed by atoms with van der Waals surface area (Å²) in [7, 11) is 0. The molecule has 0 atom stereocenters. The van der Waals surface area contributed by atoms with Crippen molar-refractivity contribution in [2.24, 2.45) is 0 Å². The number of benzene rings is 2. The van der Waals surface area contributed by atoms with Crippen LogP contribution in [0.5, 0.6) is 17.2 Å². The molecule has 0 unspecified atom stereocenters. The zero-order valence-electron chi connectivity index (χ0n) is 11.9. The maximum Gasteiger partial charge on any atom is 0.169 e. The van der Waals surface area contributed by atoms with Crippen LogP contribution in [0, 0.1) is 6.92 Å². The Hall–Kier alpha value is -2.00. The largest absolute Gasteiger partial charge is 0.490 e. The molecule has 0 fully saturated rings. The summed E-state index contributed by atoms with van der Waals surface area (Å²) in [5.41, 5.74) is 1.87. The minimum atomic E-state index is -0.0466. The van der Waals surface area contributed by atoms with Crippen molar-refractivity contribution in [3.05, 3.63) is 53.6 Å². The van der Waals surface area contributed by atoms with E-state index in [2.05, 4.69) is 6.92 Å². The fraction of sp³-hybridized carbons (Fsp3) is 0.294. The topological polar surface area (TPSA) is 38.7 Å². The first-order chi connectivity index (χ1) is 9.74. The van der Waals surface area contributed by atoms with Crippen LogP contribution in [0.2, 0.25) is 0 Å². The van der Waals surface area contributed by atoms with Gasteiger partial charge >= 0.3 is 0 Å². The average molecular weight is 272 g/mol. The standard InChI is InChI=1S/C17H20O3/c1-3-10-19-16-6-4-5-7-17(16)20-15-9-8-13(2)11-14(15)12-18/h4-9,11,18H,3,10,12H2,1-2H3. The van der Waals surface area contributed by atoms with Crippen molar-refractivity contribution in [1.29, 1.82) is 0 Å². The van der Waals surface area contributed by atoms with Gasteiger partial charge in [-0.15, -0.1) is 0 Å². The molecule has 0 radical (unpaired) electrons. The van der Waals surface area contributed by atoms with Crippen molar-refractivity contribution >= 4 is 0 Å². The molecule has 1 N–H and O–H groups in total. The lowest BCUT2D eigenvalue weighted by molar-refractivity contribution is 0.273. The summed E-state index contributed by atoms with van der Waals surface area (Å²) in [5, 5.41) is 9.42. The molecule has 0 bridgehead atoms. The first-order valence-corrected chi connectivity index (χ1v) is 6.84. The van der Waals surface area contributed by atoms with Crippen LogP contribution in [0.3, 0.4) is 0 Å². The van der Waals surface area contributed by atoms with Crippen molar-refractivity contribution < 1.29 is 14.6 Å². The SMILES string of the molecule is CCCOc1ccccc1Oc1ccc(C)cc1CO. The quantitative estimate of drug-likeness (QED) is 0.861. The lowest BCUT2D eigenvalue weighted by Gasteiger charge is -2.14. The molecule has 0 saturated heterocycles. The van der Waals surface area contributed by atoms with Crippen molar-refractivity contribution in [3.63, 3.8) is 0 Å². The summed E-state index contributed by atoms with van der Waals surface area (Å²) in [6.45, 7) is 4.66. The van der Waals surface area contributed by atoms with E-state index >= 15 is 0 Å². The fourth-order valence-electron chi connectivity index (χ4n) is 1.92. The molecule has 0 aliphatic rings. The first kappa shape index (κ1) is 14.4. The Balaban J connectivity index is 2.25. The van der Waals surface area contributed by atoms with E-state index in [-0.39, 0.29) is 6.61 Å². The lowest BCUT2D eigenvalue weighted by Crippen LogP contribution is -1.98. The molecule has 2 rings (SSSR count). The molecule has 0 aliphatic carbocycles. The van der Waals surface area contributed by atoms with Gasteiger partial charge in [-0.1, -0.05) is 36.8 Å². The highest BCUT2D eigenvalue weighted by molar-refractivity contribution is 5.45. The Kier molecular flexibility index (Phi) is 5.02. The van der Waals surface area contributed by atoms with Gasteiger partial charge in [0.05, 0.1) is 13.2 Å². The molecule has 3 heteroatoms. The van der Waals surface area contributed by atoms with Crippen LogP contribution in [0.1, 0.15) is 24.5 Å². The molecule has 2 aromatic rings. The molecular weight excluding hydrogens is 252 g/mol. The van der Waals surface area contributed by atoms with Crippen molar-refractivity contribution in [2.75, 3.05) is 6.61 Å². The average Bonchev–Trinajstić information content (AvgIpc) is 2.48. The summed E-state index contributed by atoms with van der Waals surface area (Å²) in [6, 6.07) is 13.3. The van der Waals surface area contributed by atoms with Gasteiger partial charge in [0.15, 0.2) is 11.5 Å². The minimum absolute atomic E-state index is 0.0466. The molecule has 106 valence electrons. The molecule has 0 amide bonds. The number of ether oxygens (including phenoxy) is 2. The maximum absolute atomic E-state index is 9.42. The van der Waals surface area contributed by atoms with Crippen molar-refractivity contribution in [2.45, 2.75) is 26.9 Å². The van der Waals surface area contributed by atoms with E-state index in [1.165, 1.54) is 0 Å². The van der Waals surface area contributed by atoms with Crippen molar-refractivity contribution in [3.8, 4) is 17.2 Å². The second-order valence-electron chi connectivity index (χ2n) is 4.67. The van der Waals surface area contributed by atoms with E-state index in [4.69, 9.17) is 9.47 Å². The third kappa shape index (κ3) is 3.52. The number of aliphatic hydroxyl groups excluding tert-OH is 1. The highest BCUT2D eigenvalue weighted by Crippen LogP contribution is 2.33. The van der Waals surface area contributed by atoms with E-state index in [1.54, 1.807) is 0 Å². The van der Waals surface area contributed by atoms with E-state index < -0.39 is 0 Å². The Labute approximate surface area is 119 Å². The number of aryl methyl sites for hydroxylation is 1. The van der Waals surface area contributed by atoms with Crippen LogP contribution in [-0.2, 0) is 6.61 Å². The molecule has 0 aliphatic heterocycles. The molecule has 0 saturated carbocycles.